The smallest absolute Gasteiger partial charge is 0.249 e. The zero-order chi connectivity index (χ0) is 27.4. The zero-order valence-electron chi connectivity index (χ0n) is 21.8. The van der Waals surface area contributed by atoms with Gasteiger partial charge < -0.3 is 14.8 Å². The predicted octanol–water partition coefficient (Wildman–Crippen LogP) is 4.42. The van der Waals surface area contributed by atoms with E-state index in [2.05, 4.69) is 15.6 Å². The number of methoxy groups -OCH3 is 2. The number of benzene rings is 3. The normalized spacial score (nSPS) is 14.2. The molecule has 3 aromatic carbocycles. The van der Waals surface area contributed by atoms with Crippen molar-refractivity contribution in [3.8, 4) is 11.5 Å². The Kier molecular flexibility index (Phi) is 7.72. The van der Waals surface area contributed by atoms with E-state index >= 15 is 0 Å². The van der Waals surface area contributed by atoms with Crippen molar-refractivity contribution in [2.24, 2.45) is 0 Å². The number of aromatic nitrogens is 3. The molecular formula is C29H30FN5O4. The maximum absolute atomic E-state index is 14.5. The highest BCUT2D eigenvalue weighted by atomic mass is 19.1. The monoisotopic (exact) mass is 531 g/mol. The van der Waals surface area contributed by atoms with E-state index in [1.54, 1.807) is 30.3 Å². The van der Waals surface area contributed by atoms with Crippen LogP contribution in [0.1, 0.15) is 37.3 Å². The maximum atomic E-state index is 14.5. The number of hydrogen-bond acceptors (Lipinski definition) is 6. The van der Waals surface area contributed by atoms with Gasteiger partial charge in [-0.15, -0.1) is 5.10 Å². The third-order valence-electron chi connectivity index (χ3n) is 7.00. The van der Waals surface area contributed by atoms with E-state index < -0.39 is 23.7 Å². The number of anilines is 1. The molecular weight excluding hydrogens is 501 g/mol. The van der Waals surface area contributed by atoms with Gasteiger partial charge in [-0.3, -0.25) is 14.5 Å². The number of para-hydroxylation sites is 1. The Morgan fingerprint density at radius 1 is 1.05 bits per heavy atom. The number of fused-ring (bicyclic) bond motifs is 1. The lowest BCUT2D eigenvalue weighted by Gasteiger charge is -2.33. The highest BCUT2D eigenvalue weighted by Crippen LogP contribution is 2.37. The molecule has 5 rings (SSSR count). The molecule has 1 aliphatic rings. The summed E-state index contributed by atoms with van der Waals surface area (Å²) in [6, 6.07) is 16.8. The quantitative estimate of drug-likeness (QED) is 0.343. The molecule has 2 amide bonds. The van der Waals surface area contributed by atoms with Crippen molar-refractivity contribution in [1.29, 1.82) is 0 Å². The molecule has 1 N–H and O–H groups in total. The van der Waals surface area contributed by atoms with E-state index in [9.17, 15) is 14.0 Å². The molecule has 1 fully saturated rings. The van der Waals surface area contributed by atoms with Crippen molar-refractivity contribution in [3.63, 3.8) is 0 Å². The molecule has 0 aliphatic heterocycles. The summed E-state index contributed by atoms with van der Waals surface area (Å²) in [6.07, 6.45) is 3.74. The van der Waals surface area contributed by atoms with Gasteiger partial charge in [0.25, 0.3) is 0 Å². The van der Waals surface area contributed by atoms with Gasteiger partial charge in [0.1, 0.15) is 35.4 Å². The van der Waals surface area contributed by atoms with Gasteiger partial charge in [-0.1, -0.05) is 36.3 Å². The molecule has 202 valence electrons. The molecule has 1 saturated carbocycles. The second kappa shape index (κ2) is 11.5. The predicted molar refractivity (Wildman–Crippen MR) is 144 cm³/mol. The van der Waals surface area contributed by atoms with Crippen molar-refractivity contribution in [1.82, 2.24) is 20.3 Å². The van der Waals surface area contributed by atoms with E-state index in [1.807, 2.05) is 18.2 Å². The number of carbonyl (C=O) groups is 2. The zero-order valence-corrected chi connectivity index (χ0v) is 21.8. The van der Waals surface area contributed by atoms with Crippen molar-refractivity contribution in [2.75, 3.05) is 19.1 Å². The van der Waals surface area contributed by atoms with Crippen LogP contribution in [0, 0.1) is 5.82 Å². The van der Waals surface area contributed by atoms with E-state index in [4.69, 9.17) is 9.47 Å². The first-order valence-electron chi connectivity index (χ1n) is 12.9. The lowest BCUT2D eigenvalue weighted by atomic mass is 10.0. The standard InChI is InChI=1S/C29H30FN5O4/c1-38-22-14-15-26(39-2)23(17-22)28(29(37)31-20-9-3-4-10-20)35(21-11-7-8-19(30)16-21)27(36)18-34-25-13-6-5-12-24(25)32-33-34/h5-8,11-17,20,28H,3-4,9-10,18H2,1-2H3,(H,31,37). The molecule has 0 radical (unpaired) electrons. The van der Waals surface area contributed by atoms with Crippen LogP contribution in [0.2, 0.25) is 0 Å². The third-order valence-corrected chi connectivity index (χ3v) is 7.00. The first-order chi connectivity index (χ1) is 19.0. The minimum atomic E-state index is -1.18. The number of hydrogen-bond donors (Lipinski definition) is 1. The number of carbonyl (C=O) groups excluding carboxylic acids is 2. The minimum Gasteiger partial charge on any atom is -0.497 e. The van der Waals surface area contributed by atoms with Gasteiger partial charge in [0, 0.05) is 17.3 Å². The van der Waals surface area contributed by atoms with E-state index in [0.29, 0.717) is 28.1 Å². The molecule has 4 aromatic rings. The fourth-order valence-corrected chi connectivity index (χ4v) is 5.10. The van der Waals surface area contributed by atoms with E-state index in [0.717, 1.165) is 25.7 Å². The summed E-state index contributed by atoms with van der Waals surface area (Å²) < 4.78 is 27.1. The van der Waals surface area contributed by atoms with E-state index in [-0.39, 0.29) is 18.3 Å². The maximum Gasteiger partial charge on any atom is 0.249 e. The number of halogens is 1. The average molecular weight is 532 g/mol. The largest absolute Gasteiger partial charge is 0.497 e. The van der Waals surface area contributed by atoms with Crippen LogP contribution in [0.4, 0.5) is 10.1 Å². The van der Waals surface area contributed by atoms with Crippen molar-refractivity contribution < 1.29 is 23.5 Å². The molecule has 1 aliphatic carbocycles. The highest BCUT2D eigenvalue weighted by molar-refractivity contribution is 6.02. The average Bonchev–Trinajstić information content (AvgIpc) is 3.61. The Balaban J connectivity index is 1.63. The van der Waals surface area contributed by atoms with Gasteiger partial charge in [0.15, 0.2) is 0 Å². The van der Waals surface area contributed by atoms with Gasteiger partial charge in [-0.2, -0.15) is 0 Å². The minimum absolute atomic E-state index is 0.0136. The van der Waals surface area contributed by atoms with Crippen LogP contribution in [-0.2, 0) is 16.1 Å². The molecule has 1 heterocycles. The molecule has 1 unspecified atom stereocenters. The number of ether oxygens (including phenoxy) is 2. The van der Waals surface area contributed by atoms with Gasteiger partial charge in [-0.05, 0) is 61.4 Å². The van der Waals surface area contributed by atoms with Gasteiger partial charge in [0.05, 0.1) is 19.7 Å². The first-order valence-corrected chi connectivity index (χ1v) is 12.9. The molecule has 10 heteroatoms. The Bertz CT molecular complexity index is 1480. The van der Waals surface area contributed by atoms with Crippen LogP contribution < -0.4 is 19.7 Å². The summed E-state index contributed by atoms with van der Waals surface area (Å²) in [5.74, 6) is -0.535. The fraction of sp³-hybridized carbons (Fsp3) is 0.310. The third kappa shape index (κ3) is 5.55. The topological polar surface area (TPSA) is 98.6 Å². The van der Waals surface area contributed by atoms with Crippen molar-refractivity contribution >= 4 is 28.5 Å². The van der Waals surface area contributed by atoms with Crippen LogP contribution >= 0.6 is 0 Å². The lowest BCUT2D eigenvalue weighted by molar-refractivity contribution is -0.127. The number of nitrogens with one attached hydrogen (secondary N) is 1. The van der Waals surface area contributed by atoms with Crippen molar-refractivity contribution in [3.05, 3.63) is 78.1 Å². The fourth-order valence-electron chi connectivity index (χ4n) is 5.10. The highest BCUT2D eigenvalue weighted by Gasteiger charge is 2.37. The molecule has 9 nitrogen and oxygen atoms in total. The van der Waals surface area contributed by atoms with E-state index in [1.165, 1.54) is 42.0 Å². The van der Waals surface area contributed by atoms with Gasteiger partial charge in [-0.25, -0.2) is 9.07 Å². The summed E-state index contributed by atoms with van der Waals surface area (Å²) in [7, 11) is 3.01. The summed E-state index contributed by atoms with van der Waals surface area (Å²) >= 11 is 0. The summed E-state index contributed by atoms with van der Waals surface area (Å²) in [5, 5.41) is 11.4. The SMILES string of the molecule is COc1ccc(OC)c(C(C(=O)NC2CCCC2)N(C(=O)Cn2nnc3ccccc32)c2cccc(F)c2)c1. The second-order valence-electron chi connectivity index (χ2n) is 9.48. The molecule has 39 heavy (non-hydrogen) atoms. The second-order valence-corrected chi connectivity index (χ2v) is 9.48. The number of nitrogens with zero attached hydrogens (tertiary/aromatic N) is 4. The first kappa shape index (κ1) is 26.1. The summed E-state index contributed by atoms with van der Waals surface area (Å²) in [4.78, 5) is 29.5. The molecule has 0 spiro atoms. The Morgan fingerprint density at radius 2 is 1.85 bits per heavy atom. The number of amides is 2. The molecule has 1 aromatic heterocycles. The van der Waals surface area contributed by atoms with Crippen LogP contribution in [-0.4, -0.2) is 47.1 Å². The lowest BCUT2D eigenvalue weighted by Crippen LogP contribution is -2.47. The van der Waals surface area contributed by atoms with Crippen LogP contribution in [0.15, 0.2) is 66.7 Å². The summed E-state index contributed by atoms with van der Waals surface area (Å²) in [5.41, 5.74) is 1.93. The Hall–Kier alpha value is -4.47. The van der Waals surface area contributed by atoms with Crippen LogP contribution in [0.3, 0.4) is 0 Å². The van der Waals surface area contributed by atoms with Gasteiger partial charge in [0.2, 0.25) is 11.8 Å². The molecule has 0 saturated heterocycles. The van der Waals surface area contributed by atoms with Gasteiger partial charge >= 0.3 is 0 Å². The Morgan fingerprint density at radius 3 is 2.59 bits per heavy atom. The molecule has 0 bridgehead atoms. The number of rotatable bonds is 9. The Labute approximate surface area is 225 Å². The van der Waals surface area contributed by atoms with Crippen LogP contribution in [0.25, 0.3) is 11.0 Å². The molecule has 1 atom stereocenters. The summed E-state index contributed by atoms with van der Waals surface area (Å²) in [6.45, 7) is -0.226. The van der Waals surface area contributed by atoms with Crippen LogP contribution in [0.5, 0.6) is 11.5 Å². The van der Waals surface area contributed by atoms with Crippen molar-refractivity contribution in [2.45, 2.75) is 44.3 Å².